The molecule has 0 bridgehead atoms. The normalized spacial score (nSPS) is 10.2. The molecule has 0 aliphatic heterocycles. The van der Waals surface area contributed by atoms with Gasteiger partial charge in [0.05, 0.1) is 6.20 Å². The second kappa shape index (κ2) is 2.12. The molecule has 0 saturated heterocycles. The first-order valence-corrected chi connectivity index (χ1v) is 3.14. The Hall–Kier alpha value is -1.78. The molecule has 0 saturated carbocycles. The fourth-order valence-electron chi connectivity index (χ4n) is 0.843. The van der Waals surface area contributed by atoms with Crippen LogP contribution in [0, 0.1) is 0 Å². The smallest absolute Gasteiger partial charge is 0.143 e. The number of rotatable bonds is 1. The second-order valence-corrected chi connectivity index (χ2v) is 2.12. The van der Waals surface area contributed by atoms with Crippen LogP contribution in [-0.4, -0.2) is 19.3 Å². The van der Waals surface area contributed by atoms with E-state index in [1.165, 1.54) is 0 Å². The molecule has 5 heteroatoms. The van der Waals surface area contributed by atoms with E-state index in [1.54, 1.807) is 40.6 Å². The fraction of sp³-hybridized carbons (Fsp3) is 0. The maximum atomic E-state index is 5.42. The Morgan fingerprint density at radius 1 is 1.27 bits per heavy atom. The summed E-state index contributed by atoms with van der Waals surface area (Å²) in [6, 6.07) is 0. The van der Waals surface area contributed by atoms with Gasteiger partial charge >= 0.3 is 0 Å². The van der Waals surface area contributed by atoms with Crippen molar-refractivity contribution in [2.24, 2.45) is 0 Å². The van der Waals surface area contributed by atoms with Crippen LogP contribution in [0.25, 0.3) is 0 Å². The number of imidazole rings is 2. The Morgan fingerprint density at radius 2 is 2.18 bits per heavy atom. The predicted octanol–water partition coefficient (Wildman–Crippen LogP) is -0.0268. The molecule has 56 valence electrons. The summed E-state index contributed by atoms with van der Waals surface area (Å²) >= 11 is 0. The number of nitrogens with two attached hydrogens (primary N) is 1. The van der Waals surface area contributed by atoms with Crippen LogP contribution in [0.4, 0.5) is 5.82 Å². The van der Waals surface area contributed by atoms with E-state index in [9.17, 15) is 0 Å². The molecule has 2 rings (SSSR count). The van der Waals surface area contributed by atoms with Crippen LogP contribution in [0.3, 0.4) is 0 Å². The van der Waals surface area contributed by atoms with Crippen molar-refractivity contribution in [3.63, 3.8) is 0 Å². The first-order chi connectivity index (χ1) is 5.36. The summed E-state index contributed by atoms with van der Waals surface area (Å²) in [7, 11) is 0. The van der Waals surface area contributed by atoms with Crippen LogP contribution >= 0.6 is 0 Å². The summed E-state index contributed by atoms with van der Waals surface area (Å²) in [5.41, 5.74) is 5.42. The van der Waals surface area contributed by atoms with E-state index in [1.807, 2.05) is 0 Å². The minimum atomic E-state index is 0.499. The van der Waals surface area contributed by atoms with Gasteiger partial charge in [0.1, 0.15) is 18.5 Å². The van der Waals surface area contributed by atoms with Gasteiger partial charge in [0, 0.05) is 12.4 Å². The summed E-state index contributed by atoms with van der Waals surface area (Å²) in [6.07, 6.45) is 8.50. The van der Waals surface area contributed by atoms with Crippen LogP contribution in [0.2, 0.25) is 0 Å². The Labute approximate surface area is 63.1 Å². The topological polar surface area (TPSA) is 61.7 Å². The third-order valence-corrected chi connectivity index (χ3v) is 1.35. The van der Waals surface area contributed by atoms with E-state index in [-0.39, 0.29) is 0 Å². The molecule has 0 aliphatic carbocycles. The molecule has 2 aromatic rings. The van der Waals surface area contributed by atoms with Crippen LogP contribution in [0.15, 0.2) is 31.2 Å². The lowest BCUT2D eigenvalue weighted by molar-refractivity contribution is 0.657. The zero-order valence-electron chi connectivity index (χ0n) is 5.75. The lowest BCUT2D eigenvalue weighted by Crippen LogP contribution is -2.02. The monoisotopic (exact) mass is 149 g/mol. The molecule has 5 nitrogen and oxygen atoms in total. The number of nitrogen functional groups attached to an aromatic ring is 1. The van der Waals surface area contributed by atoms with E-state index < -0.39 is 0 Å². The zero-order chi connectivity index (χ0) is 7.68. The molecule has 2 heterocycles. The highest BCUT2D eigenvalue weighted by Crippen LogP contribution is 1.96. The third kappa shape index (κ3) is 0.958. The van der Waals surface area contributed by atoms with E-state index in [4.69, 9.17) is 5.73 Å². The molecular formula is C6H7N5. The van der Waals surface area contributed by atoms with Gasteiger partial charge in [-0.05, 0) is 0 Å². The van der Waals surface area contributed by atoms with Gasteiger partial charge in [-0.15, -0.1) is 0 Å². The fourth-order valence-corrected chi connectivity index (χ4v) is 0.843. The average Bonchev–Trinajstić information content (AvgIpc) is 2.55. The highest BCUT2D eigenvalue weighted by Gasteiger charge is 1.93. The molecule has 0 amide bonds. The van der Waals surface area contributed by atoms with E-state index in [0.717, 1.165) is 0 Å². The number of anilines is 1. The quantitative estimate of drug-likeness (QED) is 0.619. The van der Waals surface area contributed by atoms with Gasteiger partial charge in [-0.1, -0.05) is 0 Å². The zero-order valence-corrected chi connectivity index (χ0v) is 5.75. The molecule has 2 N–H and O–H groups in total. The minimum absolute atomic E-state index is 0.499. The largest absolute Gasteiger partial charge is 0.382 e. The molecule has 11 heavy (non-hydrogen) atoms. The maximum Gasteiger partial charge on any atom is 0.143 e. The molecule has 0 radical (unpaired) electrons. The molecule has 0 aliphatic rings. The van der Waals surface area contributed by atoms with E-state index >= 15 is 0 Å². The summed E-state index contributed by atoms with van der Waals surface area (Å²) in [5.74, 6) is 0.499. The maximum absolute atomic E-state index is 5.42. The molecule has 0 aromatic carbocycles. The van der Waals surface area contributed by atoms with E-state index in [0.29, 0.717) is 5.82 Å². The highest BCUT2D eigenvalue weighted by atomic mass is 15.5. The first-order valence-electron chi connectivity index (χ1n) is 3.14. The third-order valence-electron chi connectivity index (χ3n) is 1.35. The molecule has 0 fully saturated rings. The van der Waals surface area contributed by atoms with Gasteiger partial charge in [-0.25, -0.2) is 19.3 Å². The Balaban J connectivity index is 2.45. The van der Waals surface area contributed by atoms with E-state index in [2.05, 4.69) is 9.97 Å². The van der Waals surface area contributed by atoms with Gasteiger partial charge in [0.15, 0.2) is 0 Å². The average molecular weight is 149 g/mol. The number of hydrogen-bond acceptors (Lipinski definition) is 3. The molecular weight excluding hydrogens is 142 g/mol. The van der Waals surface area contributed by atoms with Gasteiger partial charge in [-0.3, -0.25) is 0 Å². The summed E-state index contributed by atoms with van der Waals surface area (Å²) in [4.78, 5) is 7.75. The summed E-state index contributed by atoms with van der Waals surface area (Å²) < 4.78 is 3.51. The van der Waals surface area contributed by atoms with Gasteiger partial charge in [0.2, 0.25) is 0 Å². The molecule has 0 spiro atoms. The molecule has 0 atom stereocenters. The Kier molecular flexibility index (Phi) is 1.15. The SMILES string of the molecule is Nc1cn(-n2ccnc2)cn1. The Morgan fingerprint density at radius 3 is 2.73 bits per heavy atom. The Bertz CT molecular complexity index is 333. The second-order valence-electron chi connectivity index (χ2n) is 2.12. The number of aromatic nitrogens is 4. The molecule has 0 unspecified atom stereocenters. The van der Waals surface area contributed by atoms with Crippen molar-refractivity contribution in [3.05, 3.63) is 31.2 Å². The van der Waals surface area contributed by atoms with Crippen LogP contribution in [-0.2, 0) is 0 Å². The summed E-state index contributed by atoms with van der Waals surface area (Å²) in [6.45, 7) is 0. The summed E-state index contributed by atoms with van der Waals surface area (Å²) in [5, 5.41) is 0. The van der Waals surface area contributed by atoms with Gasteiger partial charge < -0.3 is 5.73 Å². The van der Waals surface area contributed by atoms with Crippen molar-refractivity contribution in [1.82, 2.24) is 19.3 Å². The standard InChI is InChI=1S/C6H7N5/c7-6-3-11(5-9-6)10-2-1-8-4-10/h1-5H,7H2. The minimum Gasteiger partial charge on any atom is -0.382 e. The van der Waals surface area contributed by atoms with Crippen molar-refractivity contribution in [1.29, 1.82) is 0 Å². The van der Waals surface area contributed by atoms with Crippen LogP contribution in [0.1, 0.15) is 0 Å². The van der Waals surface area contributed by atoms with Crippen molar-refractivity contribution in [3.8, 4) is 0 Å². The van der Waals surface area contributed by atoms with Crippen molar-refractivity contribution >= 4 is 5.82 Å². The van der Waals surface area contributed by atoms with Crippen molar-refractivity contribution in [2.45, 2.75) is 0 Å². The lowest BCUT2D eigenvalue weighted by Gasteiger charge is -1.98. The molecule has 2 aromatic heterocycles. The van der Waals surface area contributed by atoms with Crippen molar-refractivity contribution < 1.29 is 0 Å². The van der Waals surface area contributed by atoms with Crippen LogP contribution in [0.5, 0.6) is 0 Å². The van der Waals surface area contributed by atoms with Crippen molar-refractivity contribution in [2.75, 3.05) is 5.73 Å². The number of nitrogens with zero attached hydrogens (tertiary/aromatic N) is 4. The lowest BCUT2D eigenvalue weighted by atomic mass is 10.8. The van der Waals surface area contributed by atoms with Gasteiger partial charge in [0.25, 0.3) is 0 Å². The first kappa shape index (κ1) is 5.96. The van der Waals surface area contributed by atoms with Crippen LogP contribution < -0.4 is 5.73 Å². The van der Waals surface area contributed by atoms with Gasteiger partial charge in [-0.2, -0.15) is 0 Å². The predicted molar refractivity (Wildman–Crippen MR) is 39.7 cm³/mol. The highest BCUT2D eigenvalue weighted by molar-refractivity contribution is 5.22. The number of hydrogen-bond donors (Lipinski definition) is 1.